The molecule has 1 aliphatic carbocycles. The summed E-state index contributed by atoms with van der Waals surface area (Å²) in [7, 11) is 0. The highest BCUT2D eigenvalue weighted by atomic mass is 35.5. The third-order valence-electron chi connectivity index (χ3n) is 4.17. The lowest BCUT2D eigenvalue weighted by molar-refractivity contribution is 0.415. The summed E-state index contributed by atoms with van der Waals surface area (Å²) in [6.07, 6.45) is 3.68. The van der Waals surface area contributed by atoms with E-state index in [4.69, 9.17) is 11.6 Å². The second-order valence-corrected chi connectivity index (χ2v) is 6.02. The molecule has 0 aromatic heterocycles. The quantitative estimate of drug-likeness (QED) is 0.830. The summed E-state index contributed by atoms with van der Waals surface area (Å²) in [5.41, 5.74) is 4.21. The van der Waals surface area contributed by atoms with Gasteiger partial charge in [0.2, 0.25) is 0 Å². The van der Waals surface area contributed by atoms with Crippen LogP contribution in [-0.4, -0.2) is 0 Å². The average Bonchev–Trinajstić information content (AvgIpc) is 2.47. The Bertz CT molecular complexity index is 593. The van der Waals surface area contributed by atoms with Crippen molar-refractivity contribution in [2.24, 2.45) is 0 Å². The highest BCUT2D eigenvalue weighted by molar-refractivity contribution is 6.30. The van der Waals surface area contributed by atoms with E-state index in [1.165, 1.54) is 36.0 Å². The molecule has 104 valence electrons. The molecule has 2 atom stereocenters. The predicted octanol–water partition coefficient (Wildman–Crippen LogP) is 5.07. The largest absolute Gasteiger partial charge is 0.303 e. The normalized spacial score (nSPS) is 19.4. The van der Waals surface area contributed by atoms with Gasteiger partial charge in [0.05, 0.1) is 0 Å². The summed E-state index contributed by atoms with van der Waals surface area (Å²) in [4.78, 5) is 0. The maximum atomic E-state index is 6.08. The number of benzene rings is 2. The molecule has 0 fully saturated rings. The van der Waals surface area contributed by atoms with Gasteiger partial charge in [-0.15, -0.1) is 0 Å². The van der Waals surface area contributed by atoms with Crippen molar-refractivity contribution in [3.63, 3.8) is 0 Å². The summed E-state index contributed by atoms with van der Waals surface area (Å²) < 4.78 is 0. The average molecular weight is 286 g/mol. The maximum absolute atomic E-state index is 6.08. The van der Waals surface area contributed by atoms with Crippen molar-refractivity contribution in [3.8, 4) is 0 Å². The molecule has 0 amide bonds. The number of hydrogen-bond donors (Lipinski definition) is 1. The summed E-state index contributed by atoms with van der Waals surface area (Å²) in [6.45, 7) is 2.21. The number of aryl methyl sites for hydroxylation is 1. The van der Waals surface area contributed by atoms with Crippen LogP contribution in [0.15, 0.2) is 48.5 Å². The third kappa shape index (κ3) is 2.89. The first-order valence-electron chi connectivity index (χ1n) is 7.33. The SMILES string of the molecule is C[C@@H](NC1CCCc2ccccc21)c1cccc(Cl)c1. The van der Waals surface area contributed by atoms with Crippen LogP contribution in [0.3, 0.4) is 0 Å². The highest BCUT2D eigenvalue weighted by Gasteiger charge is 2.21. The van der Waals surface area contributed by atoms with E-state index in [2.05, 4.69) is 42.6 Å². The van der Waals surface area contributed by atoms with Crippen molar-refractivity contribution >= 4 is 11.6 Å². The van der Waals surface area contributed by atoms with E-state index in [9.17, 15) is 0 Å². The van der Waals surface area contributed by atoms with Crippen LogP contribution in [0.2, 0.25) is 5.02 Å². The van der Waals surface area contributed by atoms with Crippen LogP contribution in [0.5, 0.6) is 0 Å². The van der Waals surface area contributed by atoms with Gasteiger partial charge < -0.3 is 5.32 Å². The first-order valence-corrected chi connectivity index (χ1v) is 7.71. The standard InChI is InChI=1S/C18H20ClN/c1-13(15-8-4-9-16(19)12-15)20-18-11-5-7-14-6-2-3-10-17(14)18/h2-4,6,8-10,12-13,18,20H,5,7,11H2,1H3/t13-,18?/m1/s1. The minimum atomic E-state index is 0.310. The minimum Gasteiger partial charge on any atom is -0.303 e. The van der Waals surface area contributed by atoms with Crippen molar-refractivity contribution in [2.75, 3.05) is 0 Å². The second kappa shape index (κ2) is 5.99. The molecule has 0 saturated carbocycles. The Morgan fingerprint density at radius 2 is 2.00 bits per heavy atom. The first-order chi connectivity index (χ1) is 9.74. The van der Waals surface area contributed by atoms with Gasteiger partial charge in [0.25, 0.3) is 0 Å². The molecule has 2 aromatic rings. The van der Waals surface area contributed by atoms with Gasteiger partial charge in [-0.3, -0.25) is 0 Å². The fourth-order valence-corrected chi connectivity index (χ4v) is 3.30. The molecule has 1 unspecified atom stereocenters. The molecule has 2 aromatic carbocycles. The van der Waals surface area contributed by atoms with E-state index >= 15 is 0 Å². The van der Waals surface area contributed by atoms with E-state index in [0.717, 1.165) is 5.02 Å². The van der Waals surface area contributed by atoms with E-state index < -0.39 is 0 Å². The van der Waals surface area contributed by atoms with E-state index in [-0.39, 0.29) is 0 Å². The Labute approximate surface area is 126 Å². The van der Waals surface area contributed by atoms with Gasteiger partial charge in [0, 0.05) is 17.1 Å². The topological polar surface area (TPSA) is 12.0 Å². The zero-order chi connectivity index (χ0) is 13.9. The van der Waals surface area contributed by atoms with Gasteiger partial charge in [-0.05, 0) is 55.0 Å². The van der Waals surface area contributed by atoms with Gasteiger partial charge in [0.15, 0.2) is 0 Å². The van der Waals surface area contributed by atoms with Gasteiger partial charge in [-0.2, -0.15) is 0 Å². The summed E-state index contributed by atoms with van der Waals surface area (Å²) >= 11 is 6.08. The highest BCUT2D eigenvalue weighted by Crippen LogP contribution is 2.31. The molecule has 1 N–H and O–H groups in total. The summed E-state index contributed by atoms with van der Waals surface area (Å²) in [5, 5.41) is 4.57. The van der Waals surface area contributed by atoms with Crippen molar-refractivity contribution in [1.29, 1.82) is 0 Å². The Hall–Kier alpha value is -1.31. The van der Waals surface area contributed by atoms with Crippen molar-refractivity contribution in [3.05, 3.63) is 70.2 Å². The molecule has 1 nitrogen and oxygen atoms in total. The minimum absolute atomic E-state index is 0.310. The van der Waals surface area contributed by atoms with Crippen LogP contribution in [0.4, 0.5) is 0 Å². The molecule has 0 radical (unpaired) electrons. The fraction of sp³-hybridized carbons (Fsp3) is 0.333. The lowest BCUT2D eigenvalue weighted by atomic mass is 9.87. The lowest BCUT2D eigenvalue weighted by Crippen LogP contribution is -2.27. The molecule has 0 heterocycles. The van der Waals surface area contributed by atoms with Crippen LogP contribution >= 0.6 is 11.6 Å². The number of halogens is 1. The smallest absolute Gasteiger partial charge is 0.0409 e. The van der Waals surface area contributed by atoms with Crippen molar-refractivity contribution in [1.82, 2.24) is 5.32 Å². The molecule has 0 spiro atoms. The van der Waals surface area contributed by atoms with E-state index in [1.807, 2.05) is 18.2 Å². The van der Waals surface area contributed by atoms with Crippen molar-refractivity contribution < 1.29 is 0 Å². The Morgan fingerprint density at radius 1 is 1.15 bits per heavy atom. The molecule has 0 saturated heterocycles. The Kier molecular flexibility index (Phi) is 4.09. The van der Waals surface area contributed by atoms with Crippen LogP contribution in [0.25, 0.3) is 0 Å². The lowest BCUT2D eigenvalue weighted by Gasteiger charge is -2.29. The van der Waals surface area contributed by atoms with Crippen LogP contribution in [-0.2, 0) is 6.42 Å². The monoisotopic (exact) mass is 285 g/mol. The van der Waals surface area contributed by atoms with Crippen LogP contribution in [0.1, 0.15) is 48.5 Å². The molecular formula is C18H20ClN. The summed E-state index contributed by atoms with van der Waals surface area (Å²) in [6, 6.07) is 17.7. The van der Waals surface area contributed by atoms with Gasteiger partial charge in [0.1, 0.15) is 0 Å². The zero-order valence-electron chi connectivity index (χ0n) is 11.8. The van der Waals surface area contributed by atoms with Gasteiger partial charge in [-0.25, -0.2) is 0 Å². The first kappa shape index (κ1) is 13.7. The van der Waals surface area contributed by atoms with E-state index in [1.54, 1.807) is 0 Å². The molecule has 1 aliphatic rings. The molecule has 0 aliphatic heterocycles. The zero-order valence-corrected chi connectivity index (χ0v) is 12.5. The van der Waals surface area contributed by atoms with Gasteiger partial charge >= 0.3 is 0 Å². The maximum Gasteiger partial charge on any atom is 0.0409 e. The number of fused-ring (bicyclic) bond motifs is 1. The van der Waals surface area contributed by atoms with Crippen molar-refractivity contribution in [2.45, 2.75) is 38.3 Å². The second-order valence-electron chi connectivity index (χ2n) is 5.59. The van der Waals surface area contributed by atoms with Crippen LogP contribution < -0.4 is 5.32 Å². The third-order valence-corrected chi connectivity index (χ3v) is 4.40. The van der Waals surface area contributed by atoms with E-state index in [0.29, 0.717) is 12.1 Å². The predicted molar refractivity (Wildman–Crippen MR) is 85.1 cm³/mol. The molecule has 20 heavy (non-hydrogen) atoms. The van der Waals surface area contributed by atoms with Crippen LogP contribution in [0, 0.1) is 0 Å². The summed E-state index contributed by atoms with van der Waals surface area (Å²) in [5.74, 6) is 0. The Morgan fingerprint density at radius 3 is 2.85 bits per heavy atom. The molecule has 3 rings (SSSR count). The number of nitrogens with one attached hydrogen (secondary N) is 1. The number of rotatable bonds is 3. The Balaban J connectivity index is 1.79. The molecular weight excluding hydrogens is 266 g/mol. The molecule has 0 bridgehead atoms. The fourth-order valence-electron chi connectivity index (χ4n) is 3.10. The number of hydrogen-bond acceptors (Lipinski definition) is 1. The van der Waals surface area contributed by atoms with Gasteiger partial charge in [-0.1, -0.05) is 48.0 Å². The molecule has 2 heteroatoms.